The Labute approximate surface area is 145 Å². The van der Waals surface area contributed by atoms with E-state index in [4.69, 9.17) is 14.0 Å². The number of ether oxygens (including phenoxy) is 1. The van der Waals surface area contributed by atoms with Crippen molar-refractivity contribution < 1.29 is 18.8 Å². The van der Waals surface area contributed by atoms with Gasteiger partial charge in [-0.05, 0) is 65.6 Å². The van der Waals surface area contributed by atoms with Crippen molar-refractivity contribution in [3.05, 3.63) is 34.9 Å². The first-order valence-corrected chi connectivity index (χ1v) is 8.39. The maximum Gasteiger partial charge on any atom is 0.495 e. The molecule has 0 saturated carbocycles. The Balaban J connectivity index is 2.27. The third kappa shape index (κ3) is 3.73. The van der Waals surface area contributed by atoms with Crippen LogP contribution in [0.3, 0.4) is 0 Å². The largest absolute Gasteiger partial charge is 0.495 e. The van der Waals surface area contributed by atoms with Crippen molar-refractivity contribution in [1.29, 1.82) is 0 Å². The van der Waals surface area contributed by atoms with Gasteiger partial charge in [-0.25, -0.2) is 4.79 Å². The average Bonchev–Trinajstić information content (AvgIpc) is 2.64. The van der Waals surface area contributed by atoms with Crippen LogP contribution in [0.15, 0.2) is 18.2 Å². The van der Waals surface area contributed by atoms with Crippen LogP contribution in [0.4, 0.5) is 0 Å². The van der Waals surface area contributed by atoms with Crippen LogP contribution in [0, 0.1) is 13.8 Å². The van der Waals surface area contributed by atoms with E-state index in [1.807, 2.05) is 53.7 Å². The van der Waals surface area contributed by atoms with Gasteiger partial charge in [0.2, 0.25) is 0 Å². The molecule has 0 aliphatic carbocycles. The quantitative estimate of drug-likeness (QED) is 0.483. The molecular weight excluding hydrogens is 303 g/mol. The van der Waals surface area contributed by atoms with Gasteiger partial charge in [-0.1, -0.05) is 23.3 Å². The molecule has 0 atom stereocenters. The normalized spacial score (nSPS) is 19.0. The fourth-order valence-corrected chi connectivity index (χ4v) is 2.79. The zero-order chi connectivity index (χ0) is 18.1. The van der Waals surface area contributed by atoms with E-state index in [0.29, 0.717) is 6.61 Å². The maximum atomic E-state index is 11.5. The molecule has 0 aromatic heterocycles. The van der Waals surface area contributed by atoms with E-state index in [9.17, 15) is 4.79 Å². The zero-order valence-electron chi connectivity index (χ0n) is 15.7. The van der Waals surface area contributed by atoms with Gasteiger partial charge in [0.05, 0.1) is 17.8 Å². The van der Waals surface area contributed by atoms with Gasteiger partial charge in [0, 0.05) is 6.08 Å². The summed E-state index contributed by atoms with van der Waals surface area (Å²) in [6.45, 7) is 14.4. The third-order valence-corrected chi connectivity index (χ3v) is 4.80. The van der Waals surface area contributed by atoms with Crippen LogP contribution in [0.25, 0.3) is 6.08 Å². The number of esters is 1. The van der Waals surface area contributed by atoms with Crippen LogP contribution >= 0.6 is 0 Å². The molecule has 0 bridgehead atoms. The standard InChI is InChI=1S/C19H27BO4/c1-8-22-16(21)10-9-15-11-13(2)17(14(3)12-15)20-23-18(4,5)19(6,7)24-20/h9-12H,8H2,1-7H3/b10-9+. The van der Waals surface area contributed by atoms with Crippen LogP contribution in [0.1, 0.15) is 51.3 Å². The van der Waals surface area contributed by atoms with Gasteiger partial charge in [0.25, 0.3) is 0 Å². The predicted octanol–water partition coefficient (Wildman–Crippen LogP) is 3.18. The van der Waals surface area contributed by atoms with E-state index >= 15 is 0 Å². The summed E-state index contributed by atoms with van der Waals surface area (Å²) in [5.41, 5.74) is 3.45. The molecule has 24 heavy (non-hydrogen) atoms. The molecule has 1 aromatic rings. The van der Waals surface area contributed by atoms with Gasteiger partial charge in [0.1, 0.15) is 0 Å². The lowest BCUT2D eigenvalue weighted by Crippen LogP contribution is -2.41. The fourth-order valence-electron chi connectivity index (χ4n) is 2.79. The summed E-state index contributed by atoms with van der Waals surface area (Å²) in [6, 6.07) is 4.06. The van der Waals surface area contributed by atoms with Crippen LogP contribution in [-0.2, 0) is 18.8 Å². The molecule has 1 saturated heterocycles. The smallest absolute Gasteiger partial charge is 0.463 e. The van der Waals surface area contributed by atoms with E-state index in [0.717, 1.165) is 22.2 Å². The summed E-state index contributed by atoms with van der Waals surface area (Å²) < 4.78 is 17.2. The molecule has 1 heterocycles. The first-order chi connectivity index (χ1) is 11.1. The van der Waals surface area contributed by atoms with Gasteiger partial charge in [-0.3, -0.25) is 0 Å². The molecule has 2 rings (SSSR count). The number of carbonyl (C=O) groups is 1. The second kappa shape index (κ2) is 6.73. The Morgan fingerprint density at radius 3 is 2.08 bits per heavy atom. The summed E-state index contributed by atoms with van der Waals surface area (Å²) in [7, 11) is -0.377. The number of benzene rings is 1. The summed E-state index contributed by atoms with van der Waals surface area (Å²) in [6.07, 6.45) is 3.22. The Bertz CT molecular complexity index is 622. The maximum absolute atomic E-state index is 11.5. The number of hydrogen-bond acceptors (Lipinski definition) is 4. The van der Waals surface area contributed by atoms with Gasteiger partial charge in [-0.15, -0.1) is 0 Å². The summed E-state index contributed by atoms with van der Waals surface area (Å²) >= 11 is 0. The van der Waals surface area contributed by atoms with E-state index in [1.165, 1.54) is 6.08 Å². The monoisotopic (exact) mass is 330 g/mol. The van der Waals surface area contributed by atoms with Crippen molar-refractivity contribution in [3.63, 3.8) is 0 Å². The number of hydrogen-bond donors (Lipinski definition) is 0. The average molecular weight is 330 g/mol. The first-order valence-electron chi connectivity index (χ1n) is 8.39. The molecule has 1 aliphatic heterocycles. The molecule has 130 valence electrons. The third-order valence-electron chi connectivity index (χ3n) is 4.80. The Morgan fingerprint density at radius 1 is 1.12 bits per heavy atom. The predicted molar refractivity (Wildman–Crippen MR) is 97.3 cm³/mol. The number of carbonyl (C=O) groups excluding carboxylic acids is 1. The van der Waals surface area contributed by atoms with Gasteiger partial charge in [-0.2, -0.15) is 0 Å². The van der Waals surface area contributed by atoms with E-state index in [-0.39, 0.29) is 24.3 Å². The molecule has 0 unspecified atom stereocenters. The van der Waals surface area contributed by atoms with E-state index in [2.05, 4.69) is 0 Å². The fraction of sp³-hybridized carbons (Fsp3) is 0.526. The molecule has 4 nitrogen and oxygen atoms in total. The van der Waals surface area contributed by atoms with E-state index < -0.39 is 0 Å². The molecule has 1 aliphatic rings. The lowest BCUT2D eigenvalue weighted by molar-refractivity contribution is -0.137. The van der Waals surface area contributed by atoms with Crippen molar-refractivity contribution >= 4 is 24.6 Å². The van der Waals surface area contributed by atoms with Crippen molar-refractivity contribution in [2.75, 3.05) is 6.61 Å². The Hall–Kier alpha value is -1.59. The van der Waals surface area contributed by atoms with Crippen LogP contribution in [0.2, 0.25) is 0 Å². The molecule has 5 heteroatoms. The topological polar surface area (TPSA) is 44.8 Å². The molecule has 0 spiro atoms. The lowest BCUT2D eigenvalue weighted by Gasteiger charge is -2.32. The Morgan fingerprint density at radius 2 is 1.62 bits per heavy atom. The van der Waals surface area contributed by atoms with Gasteiger partial charge < -0.3 is 14.0 Å². The highest BCUT2D eigenvalue weighted by Crippen LogP contribution is 2.37. The highest BCUT2D eigenvalue weighted by atomic mass is 16.7. The molecule has 1 fully saturated rings. The minimum absolute atomic E-state index is 0.331. The Kier molecular flexibility index (Phi) is 5.26. The zero-order valence-corrected chi connectivity index (χ0v) is 15.7. The van der Waals surface area contributed by atoms with Gasteiger partial charge >= 0.3 is 13.1 Å². The highest BCUT2D eigenvalue weighted by Gasteiger charge is 2.52. The number of rotatable bonds is 4. The summed E-state index contributed by atoms with van der Waals surface area (Å²) in [5.74, 6) is -0.331. The van der Waals surface area contributed by atoms with Crippen LogP contribution in [0.5, 0.6) is 0 Å². The SMILES string of the molecule is CCOC(=O)/C=C/c1cc(C)c(B2OC(C)(C)C(C)(C)O2)c(C)c1. The summed E-state index contributed by atoms with van der Waals surface area (Å²) in [4.78, 5) is 11.5. The van der Waals surface area contributed by atoms with Crippen molar-refractivity contribution in [1.82, 2.24) is 0 Å². The second-order valence-corrected chi connectivity index (χ2v) is 7.24. The second-order valence-electron chi connectivity index (χ2n) is 7.24. The summed E-state index contributed by atoms with van der Waals surface area (Å²) in [5, 5.41) is 0. The van der Waals surface area contributed by atoms with Crippen molar-refractivity contribution in [3.8, 4) is 0 Å². The molecule has 1 aromatic carbocycles. The highest BCUT2D eigenvalue weighted by molar-refractivity contribution is 6.63. The van der Waals surface area contributed by atoms with Gasteiger partial charge in [0.15, 0.2) is 0 Å². The minimum atomic E-state index is -0.377. The van der Waals surface area contributed by atoms with Crippen LogP contribution < -0.4 is 5.46 Å². The van der Waals surface area contributed by atoms with Crippen molar-refractivity contribution in [2.45, 2.75) is 59.7 Å². The van der Waals surface area contributed by atoms with Crippen LogP contribution in [-0.4, -0.2) is 30.9 Å². The molecular formula is C19H27BO4. The lowest BCUT2D eigenvalue weighted by atomic mass is 9.73. The number of aryl methyl sites for hydroxylation is 2. The molecule has 0 radical (unpaired) electrons. The van der Waals surface area contributed by atoms with E-state index in [1.54, 1.807) is 13.0 Å². The minimum Gasteiger partial charge on any atom is -0.463 e. The first kappa shape index (κ1) is 18.7. The molecule has 0 amide bonds. The molecule has 0 N–H and O–H groups in total. The van der Waals surface area contributed by atoms with Crippen molar-refractivity contribution in [2.24, 2.45) is 0 Å².